The number of hydrogen-bond acceptors (Lipinski definition) is 5. The number of esters is 1. The molecule has 1 heterocycles. The Labute approximate surface area is 125 Å². The van der Waals surface area contributed by atoms with Crippen molar-refractivity contribution in [2.24, 2.45) is 11.1 Å². The van der Waals surface area contributed by atoms with Crippen molar-refractivity contribution in [1.82, 2.24) is 0 Å². The number of rotatable bonds is 5. The maximum atomic E-state index is 12.3. The molecule has 0 saturated heterocycles. The van der Waals surface area contributed by atoms with Crippen molar-refractivity contribution in [3.63, 3.8) is 0 Å². The van der Waals surface area contributed by atoms with E-state index in [-0.39, 0.29) is 17.9 Å². The summed E-state index contributed by atoms with van der Waals surface area (Å²) >= 11 is 0. The Hall–Kier alpha value is -1.78. The fourth-order valence-corrected chi connectivity index (χ4v) is 3.14. The maximum absolute atomic E-state index is 12.3. The molecule has 2 rings (SSSR count). The average molecular weight is 293 g/mol. The number of carbonyl (C=O) groups excluding carboxylic acids is 1. The Kier molecular flexibility index (Phi) is 4.70. The summed E-state index contributed by atoms with van der Waals surface area (Å²) in [6, 6.07) is 0. The van der Waals surface area contributed by atoms with Gasteiger partial charge in [0.2, 0.25) is 0 Å². The van der Waals surface area contributed by atoms with Gasteiger partial charge in [0.1, 0.15) is 23.5 Å². The van der Waals surface area contributed by atoms with E-state index >= 15 is 0 Å². The van der Waals surface area contributed by atoms with E-state index in [0.29, 0.717) is 24.5 Å². The normalized spacial score (nSPS) is 29.7. The first-order valence-corrected chi connectivity index (χ1v) is 7.47. The zero-order valence-electron chi connectivity index (χ0n) is 12.7. The molecule has 5 nitrogen and oxygen atoms in total. The van der Waals surface area contributed by atoms with Crippen LogP contribution in [0.1, 0.15) is 46.0 Å². The largest absolute Gasteiger partial charge is 0.511 e. The van der Waals surface area contributed by atoms with Gasteiger partial charge in [-0.25, -0.2) is 4.79 Å². The number of hydrogen-bond donors (Lipinski definition) is 1. The molecule has 0 aromatic heterocycles. The molecule has 1 spiro atoms. The van der Waals surface area contributed by atoms with Crippen molar-refractivity contribution < 1.29 is 19.5 Å². The monoisotopic (exact) mass is 293 g/mol. The third kappa shape index (κ3) is 3.28. The molecule has 0 aromatic carbocycles. The first-order chi connectivity index (χ1) is 10.0. The summed E-state index contributed by atoms with van der Waals surface area (Å²) in [7, 11) is 0. The molecule has 0 aromatic rings. The van der Waals surface area contributed by atoms with E-state index in [4.69, 9.17) is 9.57 Å². The van der Waals surface area contributed by atoms with Crippen molar-refractivity contribution in [3.05, 3.63) is 24.0 Å². The quantitative estimate of drug-likeness (QED) is 0.278. The number of oxime groups is 1. The Bertz CT molecular complexity index is 495. The second-order valence-corrected chi connectivity index (χ2v) is 5.89. The summed E-state index contributed by atoms with van der Waals surface area (Å²) in [5.41, 5.74) is 0.0530. The highest BCUT2D eigenvalue weighted by Crippen LogP contribution is 2.44. The molecule has 2 unspecified atom stereocenters. The summed E-state index contributed by atoms with van der Waals surface area (Å²) in [6.07, 6.45) is 5.06. The summed E-state index contributed by atoms with van der Waals surface area (Å²) in [4.78, 5) is 17.3. The Balaban J connectivity index is 2.23. The van der Waals surface area contributed by atoms with Crippen molar-refractivity contribution in [1.29, 1.82) is 0 Å². The Morgan fingerprint density at radius 1 is 1.67 bits per heavy atom. The van der Waals surface area contributed by atoms with Crippen LogP contribution in [-0.4, -0.2) is 29.0 Å². The fourth-order valence-electron chi connectivity index (χ4n) is 3.14. The molecule has 1 fully saturated rings. The predicted octanol–water partition coefficient (Wildman–Crippen LogP) is 3.27. The first kappa shape index (κ1) is 15.6. The molecule has 1 N–H and O–H groups in total. The van der Waals surface area contributed by atoms with Gasteiger partial charge in [-0.05, 0) is 31.6 Å². The highest BCUT2D eigenvalue weighted by Gasteiger charge is 2.46. The van der Waals surface area contributed by atoms with Crippen LogP contribution in [0.25, 0.3) is 0 Å². The number of aliphatic hydroxyl groups is 1. The van der Waals surface area contributed by atoms with Crippen molar-refractivity contribution in [3.8, 4) is 0 Å². The maximum Gasteiger partial charge on any atom is 0.344 e. The molecule has 0 amide bonds. The van der Waals surface area contributed by atoms with Gasteiger partial charge in [-0.3, -0.25) is 0 Å². The zero-order valence-corrected chi connectivity index (χ0v) is 12.7. The molecule has 2 aliphatic rings. The van der Waals surface area contributed by atoms with E-state index < -0.39 is 11.6 Å². The van der Waals surface area contributed by atoms with Crippen LogP contribution < -0.4 is 0 Å². The topological polar surface area (TPSA) is 68.1 Å². The summed E-state index contributed by atoms with van der Waals surface area (Å²) in [5.74, 6) is 0.0983. The van der Waals surface area contributed by atoms with Gasteiger partial charge >= 0.3 is 5.97 Å². The van der Waals surface area contributed by atoms with E-state index in [1.807, 2.05) is 6.92 Å². The van der Waals surface area contributed by atoms with Crippen LogP contribution in [0.15, 0.2) is 29.1 Å². The molecule has 21 heavy (non-hydrogen) atoms. The van der Waals surface area contributed by atoms with Crippen molar-refractivity contribution >= 4 is 11.7 Å². The van der Waals surface area contributed by atoms with Gasteiger partial charge in [-0.1, -0.05) is 31.7 Å². The number of carbonyl (C=O) groups is 1. The van der Waals surface area contributed by atoms with E-state index in [9.17, 15) is 9.90 Å². The van der Waals surface area contributed by atoms with E-state index in [1.54, 1.807) is 6.08 Å². The first-order valence-electron chi connectivity index (χ1n) is 7.47. The predicted molar refractivity (Wildman–Crippen MR) is 80.0 cm³/mol. The van der Waals surface area contributed by atoms with Crippen LogP contribution in [0.3, 0.4) is 0 Å². The SMILES string of the molecule is C=CCON=C(CC)C1=C(O)CC2(CCC(C)C2)OC1=O. The average Bonchev–Trinajstić information content (AvgIpc) is 2.76. The van der Waals surface area contributed by atoms with Crippen LogP contribution in [0.2, 0.25) is 0 Å². The standard InChI is InChI=1S/C16H23NO4/c1-4-8-20-17-12(5-2)14-13(18)10-16(21-15(14)19)7-6-11(3)9-16/h4,11,18H,1,5-10H2,2-3H3. The molecule has 1 aliphatic carbocycles. The molecule has 116 valence electrons. The van der Waals surface area contributed by atoms with Gasteiger partial charge < -0.3 is 14.7 Å². The molecular weight excluding hydrogens is 270 g/mol. The van der Waals surface area contributed by atoms with E-state index in [2.05, 4.69) is 18.7 Å². The van der Waals surface area contributed by atoms with Crippen LogP contribution >= 0.6 is 0 Å². The third-order valence-corrected chi connectivity index (χ3v) is 4.10. The highest BCUT2D eigenvalue weighted by molar-refractivity contribution is 6.20. The Morgan fingerprint density at radius 3 is 2.95 bits per heavy atom. The lowest BCUT2D eigenvalue weighted by Gasteiger charge is -2.34. The summed E-state index contributed by atoms with van der Waals surface area (Å²) in [6.45, 7) is 7.78. The van der Waals surface area contributed by atoms with Crippen molar-refractivity contribution in [2.75, 3.05) is 6.61 Å². The fraction of sp³-hybridized carbons (Fsp3) is 0.625. The lowest BCUT2D eigenvalue weighted by Crippen LogP contribution is -2.39. The molecular formula is C16H23NO4. The summed E-state index contributed by atoms with van der Waals surface area (Å²) in [5, 5.41) is 14.2. The molecule has 1 aliphatic heterocycles. The van der Waals surface area contributed by atoms with Crippen LogP contribution in [-0.2, 0) is 14.4 Å². The molecule has 0 bridgehead atoms. The van der Waals surface area contributed by atoms with Crippen LogP contribution in [0.5, 0.6) is 0 Å². The number of ether oxygens (including phenoxy) is 1. The molecule has 2 atom stereocenters. The van der Waals surface area contributed by atoms with Gasteiger partial charge in [0.25, 0.3) is 0 Å². The molecule has 0 radical (unpaired) electrons. The highest BCUT2D eigenvalue weighted by atomic mass is 16.6. The Morgan fingerprint density at radius 2 is 2.43 bits per heavy atom. The van der Waals surface area contributed by atoms with Gasteiger partial charge in [-0.2, -0.15) is 0 Å². The third-order valence-electron chi connectivity index (χ3n) is 4.10. The minimum Gasteiger partial charge on any atom is -0.511 e. The lowest BCUT2D eigenvalue weighted by atomic mass is 9.89. The lowest BCUT2D eigenvalue weighted by molar-refractivity contribution is -0.157. The second kappa shape index (κ2) is 6.33. The van der Waals surface area contributed by atoms with Gasteiger partial charge in [0.05, 0.1) is 5.71 Å². The van der Waals surface area contributed by atoms with E-state index in [1.165, 1.54) is 0 Å². The number of nitrogens with zero attached hydrogens (tertiary/aromatic N) is 1. The van der Waals surface area contributed by atoms with E-state index in [0.717, 1.165) is 19.3 Å². The van der Waals surface area contributed by atoms with Gasteiger partial charge in [-0.15, -0.1) is 0 Å². The van der Waals surface area contributed by atoms with Crippen LogP contribution in [0.4, 0.5) is 0 Å². The van der Waals surface area contributed by atoms with Crippen molar-refractivity contribution in [2.45, 2.75) is 51.6 Å². The minimum atomic E-state index is -0.523. The second-order valence-electron chi connectivity index (χ2n) is 5.89. The molecule has 1 saturated carbocycles. The number of aliphatic hydroxyl groups excluding tert-OH is 1. The van der Waals surface area contributed by atoms with Gasteiger partial charge in [0.15, 0.2) is 0 Å². The van der Waals surface area contributed by atoms with Crippen LogP contribution in [0, 0.1) is 5.92 Å². The minimum absolute atomic E-state index is 0.0724. The van der Waals surface area contributed by atoms with Gasteiger partial charge in [0, 0.05) is 6.42 Å². The summed E-state index contributed by atoms with van der Waals surface area (Å²) < 4.78 is 5.66. The molecule has 5 heteroatoms. The zero-order chi connectivity index (χ0) is 15.5. The smallest absolute Gasteiger partial charge is 0.344 e.